The summed E-state index contributed by atoms with van der Waals surface area (Å²) in [6.07, 6.45) is 2.28. The number of nitrogens with zero attached hydrogens (tertiary/aromatic N) is 4. The number of piperazine rings is 1. The van der Waals surface area contributed by atoms with Gasteiger partial charge in [0.15, 0.2) is 5.96 Å². The van der Waals surface area contributed by atoms with Crippen LogP contribution in [0.1, 0.15) is 32.3 Å². The Morgan fingerprint density at radius 3 is 2.32 bits per heavy atom. The normalized spacial score (nSPS) is 19.8. The van der Waals surface area contributed by atoms with E-state index in [1.165, 1.54) is 0 Å². The number of aliphatic imine (C=N–C) groups is 1. The van der Waals surface area contributed by atoms with Gasteiger partial charge in [-0.05, 0) is 44.4 Å². The summed E-state index contributed by atoms with van der Waals surface area (Å²) < 4.78 is 0. The minimum absolute atomic E-state index is 0.0335. The summed E-state index contributed by atoms with van der Waals surface area (Å²) >= 11 is 5.96. The maximum atomic E-state index is 12.7. The molecule has 6 nitrogen and oxygen atoms in total. The van der Waals surface area contributed by atoms with Crippen molar-refractivity contribution in [3.63, 3.8) is 0 Å². The van der Waals surface area contributed by atoms with Gasteiger partial charge in [0.1, 0.15) is 0 Å². The smallest absolute Gasteiger partial charge is 0.239 e. The molecule has 0 radical (unpaired) electrons. The van der Waals surface area contributed by atoms with Crippen molar-refractivity contribution in [3.8, 4) is 0 Å². The van der Waals surface area contributed by atoms with Crippen LogP contribution in [0.5, 0.6) is 0 Å². The van der Waals surface area contributed by atoms with E-state index in [2.05, 4.69) is 29.0 Å². The molecule has 28 heavy (non-hydrogen) atoms. The van der Waals surface area contributed by atoms with Gasteiger partial charge >= 0.3 is 0 Å². The van der Waals surface area contributed by atoms with Crippen LogP contribution in [0.25, 0.3) is 0 Å². The van der Waals surface area contributed by atoms with Crippen LogP contribution in [0.2, 0.25) is 5.02 Å². The lowest BCUT2D eigenvalue weighted by molar-refractivity contribution is -0.135. The van der Waals surface area contributed by atoms with Gasteiger partial charge in [-0.25, -0.2) is 4.99 Å². The summed E-state index contributed by atoms with van der Waals surface area (Å²) in [6, 6.07) is 7.79. The summed E-state index contributed by atoms with van der Waals surface area (Å²) in [5.41, 5.74) is 1.14. The molecule has 0 bridgehead atoms. The van der Waals surface area contributed by atoms with E-state index < -0.39 is 0 Å². The van der Waals surface area contributed by atoms with Crippen molar-refractivity contribution in [1.29, 1.82) is 0 Å². The van der Waals surface area contributed by atoms with Gasteiger partial charge in [-0.2, -0.15) is 0 Å². The molecule has 1 unspecified atom stereocenters. The number of carbonyl (C=O) groups excluding carboxylic acids is 1. The zero-order chi connectivity index (χ0) is 19.9. The van der Waals surface area contributed by atoms with Crippen molar-refractivity contribution in [3.05, 3.63) is 34.9 Å². The van der Waals surface area contributed by atoms with E-state index in [-0.39, 0.29) is 11.9 Å². The predicted octanol–water partition coefficient (Wildman–Crippen LogP) is 2.43. The van der Waals surface area contributed by atoms with Crippen molar-refractivity contribution in [2.75, 3.05) is 45.8 Å². The molecule has 0 aliphatic carbocycles. The van der Waals surface area contributed by atoms with Crippen molar-refractivity contribution < 1.29 is 4.79 Å². The molecule has 1 aromatic rings. The van der Waals surface area contributed by atoms with Crippen LogP contribution in [0.4, 0.5) is 0 Å². The third kappa shape index (κ3) is 5.39. The van der Waals surface area contributed by atoms with Crippen LogP contribution in [0.15, 0.2) is 29.3 Å². The molecular formula is C21H32ClN5O. The fourth-order valence-electron chi connectivity index (χ4n) is 3.86. The number of carbonyl (C=O) groups is 1. The Morgan fingerprint density at radius 1 is 1.07 bits per heavy atom. The minimum atomic E-state index is -0.0335. The average Bonchev–Trinajstić information content (AvgIpc) is 3.26. The van der Waals surface area contributed by atoms with Gasteiger partial charge in [0.2, 0.25) is 5.91 Å². The largest absolute Gasteiger partial charge is 0.357 e. The molecule has 1 aromatic carbocycles. The third-order valence-corrected chi connectivity index (χ3v) is 5.85. The van der Waals surface area contributed by atoms with Crippen molar-refractivity contribution in [1.82, 2.24) is 20.0 Å². The number of hydrogen-bond acceptors (Lipinski definition) is 3. The third-order valence-electron chi connectivity index (χ3n) is 5.60. The number of likely N-dealkylation sites (tertiary alicyclic amines) is 1. The molecule has 2 fully saturated rings. The van der Waals surface area contributed by atoms with E-state index in [9.17, 15) is 4.79 Å². The van der Waals surface area contributed by atoms with Gasteiger partial charge in [-0.1, -0.05) is 23.7 Å². The molecule has 1 N–H and O–H groups in total. The zero-order valence-electron chi connectivity index (χ0n) is 17.0. The topological polar surface area (TPSA) is 51.2 Å². The Balaban J connectivity index is 1.55. The van der Waals surface area contributed by atoms with Crippen molar-refractivity contribution in [2.45, 2.75) is 39.3 Å². The fraction of sp³-hybridized carbons (Fsp3) is 0.619. The van der Waals surface area contributed by atoms with Crippen LogP contribution in [-0.2, 0) is 11.3 Å². The van der Waals surface area contributed by atoms with E-state index in [0.29, 0.717) is 6.54 Å². The molecule has 0 aromatic heterocycles. The number of amides is 1. The van der Waals surface area contributed by atoms with Crippen molar-refractivity contribution >= 4 is 23.5 Å². The number of guanidine groups is 1. The van der Waals surface area contributed by atoms with Crippen LogP contribution in [-0.4, -0.2) is 78.4 Å². The molecule has 2 saturated heterocycles. The SMILES string of the molecule is CCNC(=NCc1ccc(Cl)cc1)N1CCN(C(C)C(=O)N2CCCC2)CC1. The molecule has 0 saturated carbocycles. The number of rotatable bonds is 5. The van der Waals surface area contributed by atoms with E-state index in [1.54, 1.807) is 0 Å². The highest BCUT2D eigenvalue weighted by Gasteiger charge is 2.30. The summed E-state index contributed by atoms with van der Waals surface area (Å²) in [5, 5.41) is 4.15. The van der Waals surface area contributed by atoms with E-state index >= 15 is 0 Å². The first-order chi connectivity index (χ1) is 13.6. The van der Waals surface area contributed by atoms with E-state index in [0.717, 1.165) is 75.2 Å². The molecule has 3 rings (SSSR count). The minimum Gasteiger partial charge on any atom is -0.357 e. The summed E-state index contributed by atoms with van der Waals surface area (Å²) in [4.78, 5) is 24.1. The first-order valence-electron chi connectivity index (χ1n) is 10.4. The Labute approximate surface area is 173 Å². The van der Waals surface area contributed by atoms with E-state index in [1.807, 2.05) is 29.2 Å². The fourth-order valence-corrected chi connectivity index (χ4v) is 3.99. The van der Waals surface area contributed by atoms with Crippen LogP contribution in [0, 0.1) is 0 Å². The quantitative estimate of drug-likeness (QED) is 0.603. The standard InChI is InChI=1S/C21H32ClN5O/c1-3-23-21(24-16-18-6-8-19(22)9-7-18)27-14-12-25(13-15-27)17(2)20(28)26-10-4-5-11-26/h6-9,17H,3-5,10-16H2,1-2H3,(H,23,24). The van der Waals surface area contributed by atoms with Gasteiger partial charge in [-0.3, -0.25) is 9.69 Å². The second-order valence-electron chi connectivity index (χ2n) is 7.53. The summed E-state index contributed by atoms with van der Waals surface area (Å²) in [7, 11) is 0. The molecule has 154 valence electrons. The van der Waals surface area contributed by atoms with Crippen molar-refractivity contribution in [2.24, 2.45) is 4.99 Å². The van der Waals surface area contributed by atoms with Crippen LogP contribution in [0.3, 0.4) is 0 Å². The Bertz CT molecular complexity index is 664. The molecule has 1 amide bonds. The highest BCUT2D eigenvalue weighted by Crippen LogP contribution is 2.14. The number of nitrogens with one attached hydrogen (secondary N) is 1. The zero-order valence-corrected chi connectivity index (χ0v) is 17.8. The van der Waals surface area contributed by atoms with Crippen LogP contribution >= 0.6 is 11.6 Å². The Morgan fingerprint density at radius 2 is 1.71 bits per heavy atom. The highest BCUT2D eigenvalue weighted by atomic mass is 35.5. The number of halogens is 1. The van der Waals surface area contributed by atoms with E-state index in [4.69, 9.17) is 16.6 Å². The number of benzene rings is 1. The molecule has 1 atom stereocenters. The lowest BCUT2D eigenvalue weighted by atomic mass is 10.2. The monoisotopic (exact) mass is 405 g/mol. The lowest BCUT2D eigenvalue weighted by Gasteiger charge is -2.39. The Hall–Kier alpha value is -1.79. The molecular weight excluding hydrogens is 374 g/mol. The Kier molecular flexibility index (Phi) is 7.57. The van der Waals surface area contributed by atoms with Gasteiger partial charge in [0.25, 0.3) is 0 Å². The molecule has 2 heterocycles. The van der Waals surface area contributed by atoms with Crippen LogP contribution < -0.4 is 5.32 Å². The first kappa shape index (κ1) is 20.9. The predicted molar refractivity (Wildman–Crippen MR) is 115 cm³/mol. The van der Waals surface area contributed by atoms with Gasteiger partial charge in [0.05, 0.1) is 12.6 Å². The lowest BCUT2D eigenvalue weighted by Crippen LogP contribution is -2.57. The molecule has 7 heteroatoms. The second kappa shape index (κ2) is 10.1. The molecule has 0 spiro atoms. The maximum absolute atomic E-state index is 12.7. The maximum Gasteiger partial charge on any atom is 0.239 e. The number of hydrogen-bond donors (Lipinski definition) is 1. The highest BCUT2D eigenvalue weighted by molar-refractivity contribution is 6.30. The summed E-state index contributed by atoms with van der Waals surface area (Å²) in [5.74, 6) is 1.23. The molecule has 2 aliphatic rings. The van der Waals surface area contributed by atoms with Gasteiger partial charge in [0, 0.05) is 50.8 Å². The van der Waals surface area contributed by atoms with Gasteiger partial charge < -0.3 is 15.1 Å². The molecule has 2 aliphatic heterocycles. The average molecular weight is 406 g/mol. The first-order valence-corrected chi connectivity index (χ1v) is 10.8. The summed E-state index contributed by atoms with van der Waals surface area (Å²) in [6.45, 7) is 11.0. The van der Waals surface area contributed by atoms with Gasteiger partial charge in [-0.15, -0.1) is 0 Å². The second-order valence-corrected chi connectivity index (χ2v) is 7.96.